The van der Waals surface area contributed by atoms with Gasteiger partial charge < -0.3 is 10.1 Å². The molecule has 0 heterocycles. The van der Waals surface area contributed by atoms with Gasteiger partial charge in [0.15, 0.2) is 0 Å². The molecule has 3 nitrogen and oxygen atoms in total. The number of anilines is 1. The Labute approximate surface area is 138 Å². The fourth-order valence-electron chi connectivity index (χ4n) is 2.03. The van der Waals surface area contributed by atoms with Gasteiger partial charge in [0, 0.05) is 17.7 Å². The summed E-state index contributed by atoms with van der Waals surface area (Å²) in [6.07, 6.45) is 6.40. The third-order valence-corrected chi connectivity index (χ3v) is 3.79. The Balaban J connectivity index is 1.92. The molecular formula is C18H16BrNO2. The smallest absolute Gasteiger partial charge is 0.224 e. The van der Waals surface area contributed by atoms with Gasteiger partial charge in [-0.05, 0) is 58.2 Å². The first-order valence-electron chi connectivity index (χ1n) is 6.81. The van der Waals surface area contributed by atoms with Crippen LogP contribution in [0.1, 0.15) is 17.5 Å². The Hall–Kier alpha value is -2.25. The number of benzene rings is 2. The number of hydrogen-bond donors (Lipinski definition) is 1. The predicted octanol–water partition coefficient (Wildman–Crippen LogP) is 4.01. The molecule has 2 aromatic rings. The molecule has 4 heteroatoms. The zero-order chi connectivity index (χ0) is 15.9. The van der Waals surface area contributed by atoms with Crippen LogP contribution >= 0.6 is 15.9 Å². The molecule has 0 aliphatic rings. The lowest BCUT2D eigenvalue weighted by Crippen LogP contribution is -2.12. The van der Waals surface area contributed by atoms with Gasteiger partial charge in [0.2, 0.25) is 5.91 Å². The third-order valence-electron chi connectivity index (χ3n) is 3.17. The quantitative estimate of drug-likeness (QED) is 0.821. The van der Waals surface area contributed by atoms with Crippen molar-refractivity contribution in [1.82, 2.24) is 0 Å². The molecule has 0 saturated heterocycles. The first-order chi connectivity index (χ1) is 10.6. The average Bonchev–Trinajstić information content (AvgIpc) is 2.53. The predicted molar refractivity (Wildman–Crippen MR) is 92.0 cm³/mol. The van der Waals surface area contributed by atoms with E-state index in [-0.39, 0.29) is 5.91 Å². The van der Waals surface area contributed by atoms with E-state index in [1.54, 1.807) is 13.2 Å². The second kappa shape index (κ2) is 7.67. The highest BCUT2D eigenvalue weighted by molar-refractivity contribution is 9.10. The van der Waals surface area contributed by atoms with Crippen molar-refractivity contribution in [2.24, 2.45) is 0 Å². The number of hydrogen-bond acceptors (Lipinski definition) is 2. The minimum absolute atomic E-state index is 0.0406. The molecule has 0 saturated carbocycles. The highest BCUT2D eigenvalue weighted by atomic mass is 79.9. The maximum Gasteiger partial charge on any atom is 0.224 e. The van der Waals surface area contributed by atoms with Crippen LogP contribution in [-0.2, 0) is 11.2 Å². The van der Waals surface area contributed by atoms with Gasteiger partial charge in [-0.2, -0.15) is 0 Å². The van der Waals surface area contributed by atoms with Crippen molar-refractivity contribution < 1.29 is 9.53 Å². The van der Waals surface area contributed by atoms with E-state index < -0.39 is 0 Å². The average molecular weight is 358 g/mol. The molecule has 0 bridgehead atoms. The van der Waals surface area contributed by atoms with Crippen LogP contribution in [0.15, 0.2) is 46.9 Å². The third kappa shape index (κ3) is 4.37. The summed E-state index contributed by atoms with van der Waals surface area (Å²) >= 11 is 3.44. The van der Waals surface area contributed by atoms with Crippen LogP contribution in [-0.4, -0.2) is 13.0 Å². The number of halogens is 1. The standard InChI is InChI=1S/C18H16BrNO2/c1-3-13-5-4-6-15(11-13)20-18(21)10-8-14-7-9-17(22-2)16(19)12-14/h1,4-7,9,11-12H,8,10H2,2H3,(H,20,21). The van der Waals surface area contributed by atoms with Crippen molar-refractivity contribution in [2.45, 2.75) is 12.8 Å². The van der Waals surface area contributed by atoms with Crippen LogP contribution < -0.4 is 10.1 Å². The topological polar surface area (TPSA) is 38.3 Å². The maximum atomic E-state index is 12.0. The summed E-state index contributed by atoms with van der Waals surface area (Å²) in [6, 6.07) is 13.1. The Morgan fingerprint density at radius 2 is 2.14 bits per heavy atom. The van der Waals surface area contributed by atoms with Gasteiger partial charge in [-0.3, -0.25) is 4.79 Å². The first kappa shape index (κ1) is 16.1. The Kier molecular flexibility index (Phi) is 5.62. The number of amides is 1. The molecule has 1 amide bonds. The van der Waals surface area contributed by atoms with E-state index in [0.717, 1.165) is 27.0 Å². The van der Waals surface area contributed by atoms with Crippen LogP contribution in [0.3, 0.4) is 0 Å². The number of ether oxygens (including phenoxy) is 1. The number of methoxy groups -OCH3 is 1. The second-order valence-corrected chi connectivity index (χ2v) is 5.60. The molecule has 112 valence electrons. The highest BCUT2D eigenvalue weighted by Gasteiger charge is 2.06. The molecule has 1 N–H and O–H groups in total. The fourth-order valence-corrected chi connectivity index (χ4v) is 2.62. The normalized spacial score (nSPS) is 9.86. The fraction of sp³-hybridized carbons (Fsp3) is 0.167. The Morgan fingerprint density at radius 1 is 1.32 bits per heavy atom. The summed E-state index contributed by atoms with van der Waals surface area (Å²) in [5.74, 6) is 3.28. The monoisotopic (exact) mass is 357 g/mol. The van der Waals surface area contributed by atoms with Crippen molar-refractivity contribution in [3.8, 4) is 18.1 Å². The minimum Gasteiger partial charge on any atom is -0.496 e. The molecule has 2 aromatic carbocycles. The van der Waals surface area contributed by atoms with Crippen molar-refractivity contribution in [2.75, 3.05) is 12.4 Å². The van der Waals surface area contributed by atoms with Crippen LogP contribution in [0.25, 0.3) is 0 Å². The summed E-state index contributed by atoms with van der Waals surface area (Å²) in [6.45, 7) is 0. The van der Waals surface area contributed by atoms with Crippen molar-refractivity contribution in [3.05, 3.63) is 58.1 Å². The number of carbonyl (C=O) groups excluding carboxylic acids is 1. The van der Waals surface area contributed by atoms with E-state index in [4.69, 9.17) is 11.2 Å². The summed E-state index contributed by atoms with van der Waals surface area (Å²) < 4.78 is 6.07. The van der Waals surface area contributed by atoms with Gasteiger partial charge in [0.05, 0.1) is 11.6 Å². The van der Waals surface area contributed by atoms with E-state index >= 15 is 0 Å². The number of carbonyl (C=O) groups is 1. The molecule has 0 unspecified atom stereocenters. The number of nitrogens with one attached hydrogen (secondary N) is 1. The molecule has 0 aliphatic carbocycles. The maximum absolute atomic E-state index is 12.0. The van der Waals surface area contributed by atoms with Crippen LogP contribution in [0.5, 0.6) is 5.75 Å². The largest absolute Gasteiger partial charge is 0.496 e. The van der Waals surface area contributed by atoms with Crippen molar-refractivity contribution in [1.29, 1.82) is 0 Å². The zero-order valence-electron chi connectivity index (χ0n) is 12.2. The molecule has 22 heavy (non-hydrogen) atoms. The van der Waals surface area contributed by atoms with Crippen LogP contribution in [0, 0.1) is 12.3 Å². The molecule has 0 radical (unpaired) electrons. The molecule has 2 rings (SSSR count). The summed E-state index contributed by atoms with van der Waals surface area (Å²) in [5.41, 5.74) is 2.54. The van der Waals surface area contributed by atoms with Crippen LogP contribution in [0.4, 0.5) is 5.69 Å². The van der Waals surface area contributed by atoms with Crippen molar-refractivity contribution in [3.63, 3.8) is 0 Å². The lowest BCUT2D eigenvalue weighted by Gasteiger charge is -2.08. The Morgan fingerprint density at radius 3 is 2.82 bits per heavy atom. The summed E-state index contributed by atoms with van der Waals surface area (Å²) in [5, 5.41) is 2.85. The van der Waals surface area contributed by atoms with Gasteiger partial charge in [0.1, 0.15) is 5.75 Å². The number of rotatable bonds is 5. The van der Waals surface area contributed by atoms with Gasteiger partial charge in [0.25, 0.3) is 0 Å². The second-order valence-electron chi connectivity index (χ2n) is 4.74. The van der Waals surface area contributed by atoms with Gasteiger partial charge in [-0.1, -0.05) is 18.1 Å². The lowest BCUT2D eigenvalue weighted by molar-refractivity contribution is -0.116. The van der Waals surface area contributed by atoms with E-state index in [9.17, 15) is 4.79 Å². The van der Waals surface area contributed by atoms with Gasteiger partial charge in [-0.25, -0.2) is 0 Å². The molecule has 0 aliphatic heterocycles. The molecule has 0 aromatic heterocycles. The van der Waals surface area contributed by atoms with E-state index in [0.29, 0.717) is 12.8 Å². The van der Waals surface area contributed by atoms with E-state index in [2.05, 4.69) is 27.2 Å². The highest BCUT2D eigenvalue weighted by Crippen LogP contribution is 2.26. The molecule has 0 fully saturated rings. The minimum atomic E-state index is -0.0406. The molecule has 0 spiro atoms. The van der Waals surface area contributed by atoms with Crippen molar-refractivity contribution >= 4 is 27.5 Å². The summed E-state index contributed by atoms with van der Waals surface area (Å²) in [4.78, 5) is 12.0. The van der Waals surface area contributed by atoms with Gasteiger partial charge in [-0.15, -0.1) is 6.42 Å². The lowest BCUT2D eigenvalue weighted by atomic mass is 10.1. The zero-order valence-corrected chi connectivity index (χ0v) is 13.8. The van der Waals surface area contributed by atoms with Crippen LogP contribution in [0.2, 0.25) is 0 Å². The number of aryl methyl sites for hydroxylation is 1. The first-order valence-corrected chi connectivity index (χ1v) is 7.60. The molecule has 0 atom stereocenters. The number of terminal acetylenes is 1. The summed E-state index contributed by atoms with van der Waals surface area (Å²) in [7, 11) is 1.62. The van der Waals surface area contributed by atoms with Gasteiger partial charge >= 0.3 is 0 Å². The molecular weight excluding hydrogens is 342 g/mol. The Bertz CT molecular complexity index is 719. The van der Waals surface area contributed by atoms with E-state index in [1.807, 2.05) is 36.4 Å². The van der Waals surface area contributed by atoms with E-state index in [1.165, 1.54) is 0 Å². The SMILES string of the molecule is C#Cc1cccc(NC(=O)CCc2ccc(OC)c(Br)c2)c1.